The van der Waals surface area contributed by atoms with E-state index in [4.69, 9.17) is 15.7 Å². The van der Waals surface area contributed by atoms with Gasteiger partial charge in [-0.3, -0.25) is 4.79 Å². The number of nitrogens with one attached hydrogen (secondary N) is 1. The monoisotopic (exact) mass is 285 g/mol. The fraction of sp³-hybridized carbons (Fsp3) is 0.0667. The van der Waals surface area contributed by atoms with Gasteiger partial charge >= 0.3 is 0 Å². The number of amides is 1. The maximum absolute atomic E-state index is 13.7. The second-order valence-corrected chi connectivity index (χ2v) is 4.19. The molecule has 2 rings (SSSR count). The molecule has 0 fully saturated rings. The van der Waals surface area contributed by atoms with Crippen LogP contribution in [0.2, 0.25) is 0 Å². The van der Waals surface area contributed by atoms with Crippen molar-refractivity contribution < 1.29 is 13.9 Å². The van der Waals surface area contributed by atoms with E-state index in [0.717, 1.165) is 6.07 Å². The van der Waals surface area contributed by atoms with Gasteiger partial charge in [0.25, 0.3) is 5.91 Å². The summed E-state index contributed by atoms with van der Waals surface area (Å²) in [6.45, 7) is 0. The smallest absolute Gasteiger partial charge is 0.251 e. The minimum absolute atomic E-state index is 0.0478. The Morgan fingerprint density at radius 3 is 2.57 bits per heavy atom. The van der Waals surface area contributed by atoms with E-state index in [1.807, 2.05) is 6.07 Å². The number of hydrogen-bond donors (Lipinski definition) is 2. The average Bonchev–Trinajstić information content (AvgIpc) is 2.50. The third-order valence-corrected chi connectivity index (χ3v) is 2.78. The molecule has 3 N–H and O–H groups in total. The highest BCUT2D eigenvalue weighted by Gasteiger charge is 2.11. The maximum Gasteiger partial charge on any atom is 0.251 e. The third kappa shape index (κ3) is 3.09. The van der Waals surface area contributed by atoms with Crippen LogP contribution in [0.25, 0.3) is 0 Å². The van der Waals surface area contributed by atoms with Gasteiger partial charge in [0.05, 0.1) is 17.3 Å². The number of nitrogen functional groups attached to an aromatic ring is 1. The van der Waals surface area contributed by atoms with Gasteiger partial charge in [0, 0.05) is 12.6 Å². The number of ether oxygens (including phenoxy) is 1. The summed E-state index contributed by atoms with van der Waals surface area (Å²) in [6, 6.07) is 10.1. The van der Waals surface area contributed by atoms with Crippen molar-refractivity contribution in [2.24, 2.45) is 0 Å². The van der Waals surface area contributed by atoms with Gasteiger partial charge in [-0.25, -0.2) is 4.39 Å². The van der Waals surface area contributed by atoms with Gasteiger partial charge in [-0.15, -0.1) is 0 Å². The van der Waals surface area contributed by atoms with E-state index in [2.05, 4.69) is 5.32 Å². The third-order valence-electron chi connectivity index (χ3n) is 2.78. The van der Waals surface area contributed by atoms with Crippen molar-refractivity contribution in [3.63, 3.8) is 0 Å². The SMILES string of the molecule is CNC(=O)c1ccc(Oc2ccc(C#N)cc2F)c(N)c1. The van der Waals surface area contributed by atoms with Crippen LogP contribution in [0.4, 0.5) is 10.1 Å². The molecule has 0 heterocycles. The highest BCUT2D eigenvalue weighted by atomic mass is 19.1. The Labute approximate surface area is 120 Å². The van der Waals surface area contributed by atoms with Crippen LogP contribution < -0.4 is 15.8 Å². The lowest BCUT2D eigenvalue weighted by Crippen LogP contribution is -2.17. The first kappa shape index (κ1) is 14.3. The number of carbonyl (C=O) groups is 1. The molecule has 21 heavy (non-hydrogen) atoms. The lowest BCUT2D eigenvalue weighted by Gasteiger charge is -2.10. The Morgan fingerprint density at radius 2 is 2.00 bits per heavy atom. The van der Waals surface area contributed by atoms with Gasteiger partial charge in [-0.1, -0.05) is 0 Å². The average molecular weight is 285 g/mol. The first-order valence-electron chi connectivity index (χ1n) is 6.04. The van der Waals surface area contributed by atoms with Crippen molar-refractivity contribution in [3.05, 3.63) is 53.3 Å². The number of carbonyl (C=O) groups excluding carboxylic acids is 1. The van der Waals surface area contributed by atoms with Crippen molar-refractivity contribution in [3.8, 4) is 17.6 Å². The van der Waals surface area contributed by atoms with Crippen LogP contribution in [0.1, 0.15) is 15.9 Å². The molecule has 106 valence electrons. The van der Waals surface area contributed by atoms with Crippen LogP contribution in [0.5, 0.6) is 11.5 Å². The fourth-order valence-electron chi connectivity index (χ4n) is 1.70. The molecule has 0 aliphatic rings. The van der Waals surface area contributed by atoms with Crippen LogP contribution in [0.3, 0.4) is 0 Å². The predicted molar refractivity (Wildman–Crippen MR) is 75.4 cm³/mol. The number of halogens is 1. The zero-order chi connectivity index (χ0) is 15.4. The van der Waals surface area contributed by atoms with Gasteiger partial charge in [-0.2, -0.15) is 5.26 Å². The number of anilines is 1. The zero-order valence-corrected chi connectivity index (χ0v) is 11.2. The molecule has 5 nitrogen and oxygen atoms in total. The molecule has 1 amide bonds. The Kier molecular flexibility index (Phi) is 4.05. The van der Waals surface area contributed by atoms with Gasteiger partial charge in [0.2, 0.25) is 0 Å². The van der Waals surface area contributed by atoms with E-state index in [-0.39, 0.29) is 28.7 Å². The summed E-state index contributed by atoms with van der Waals surface area (Å²) in [4.78, 5) is 11.5. The summed E-state index contributed by atoms with van der Waals surface area (Å²) in [5.41, 5.74) is 6.57. The minimum atomic E-state index is -0.663. The molecule has 0 aromatic heterocycles. The molecule has 0 unspecified atom stereocenters. The van der Waals surface area contributed by atoms with Gasteiger partial charge in [0.15, 0.2) is 17.3 Å². The van der Waals surface area contributed by atoms with Crippen molar-refractivity contribution in [1.29, 1.82) is 5.26 Å². The van der Waals surface area contributed by atoms with Crippen LogP contribution in [-0.4, -0.2) is 13.0 Å². The Bertz CT molecular complexity index is 738. The number of nitrogens with two attached hydrogens (primary N) is 1. The minimum Gasteiger partial charge on any atom is -0.452 e. The first-order valence-corrected chi connectivity index (χ1v) is 6.04. The van der Waals surface area contributed by atoms with Gasteiger partial charge in [0.1, 0.15) is 0 Å². The topological polar surface area (TPSA) is 88.1 Å². The summed E-state index contributed by atoms with van der Waals surface area (Å²) >= 11 is 0. The van der Waals surface area contributed by atoms with Crippen molar-refractivity contribution in [2.45, 2.75) is 0 Å². The number of nitriles is 1. The largest absolute Gasteiger partial charge is 0.452 e. The van der Waals surface area contributed by atoms with Crippen LogP contribution in [0.15, 0.2) is 36.4 Å². The Morgan fingerprint density at radius 1 is 1.29 bits per heavy atom. The normalized spacial score (nSPS) is 9.76. The van der Waals surface area contributed by atoms with E-state index in [1.165, 1.54) is 37.4 Å². The highest BCUT2D eigenvalue weighted by Crippen LogP contribution is 2.30. The second-order valence-electron chi connectivity index (χ2n) is 4.19. The van der Waals surface area contributed by atoms with Gasteiger partial charge in [-0.05, 0) is 36.4 Å². The van der Waals surface area contributed by atoms with E-state index >= 15 is 0 Å². The molecule has 0 saturated heterocycles. The van der Waals surface area contributed by atoms with Crippen molar-refractivity contribution >= 4 is 11.6 Å². The number of hydrogen-bond acceptors (Lipinski definition) is 4. The molecular weight excluding hydrogens is 273 g/mol. The van der Waals surface area contributed by atoms with Crippen LogP contribution in [0, 0.1) is 17.1 Å². The van der Waals surface area contributed by atoms with E-state index in [9.17, 15) is 9.18 Å². The van der Waals surface area contributed by atoms with E-state index < -0.39 is 5.82 Å². The second kappa shape index (κ2) is 5.92. The lowest BCUT2D eigenvalue weighted by molar-refractivity contribution is 0.0963. The Hall–Kier alpha value is -3.07. The molecule has 0 saturated carbocycles. The zero-order valence-electron chi connectivity index (χ0n) is 11.2. The molecule has 0 atom stereocenters. The Balaban J connectivity index is 2.28. The molecule has 6 heteroatoms. The first-order chi connectivity index (χ1) is 10.0. The number of benzene rings is 2. The standard InChI is InChI=1S/C15H12FN3O2/c1-19-15(20)10-3-5-14(12(18)7-10)21-13-4-2-9(8-17)6-11(13)16/h2-7H,18H2,1H3,(H,19,20). The lowest BCUT2D eigenvalue weighted by atomic mass is 10.1. The van der Waals surface area contributed by atoms with E-state index in [1.54, 1.807) is 0 Å². The summed E-state index contributed by atoms with van der Waals surface area (Å²) in [5, 5.41) is 11.2. The summed E-state index contributed by atoms with van der Waals surface area (Å²) in [5.74, 6) is -0.763. The van der Waals surface area contributed by atoms with Crippen LogP contribution >= 0.6 is 0 Å². The fourth-order valence-corrected chi connectivity index (χ4v) is 1.70. The molecular formula is C15H12FN3O2. The molecule has 0 bridgehead atoms. The summed E-state index contributed by atoms with van der Waals surface area (Å²) in [7, 11) is 1.51. The summed E-state index contributed by atoms with van der Waals surface area (Å²) in [6.07, 6.45) is 0. The molecule has 0 spiro atoms. The number of nitrogens with zero attached hydrogens (tertiary/aromatic N) is 1. The maximum atomic E-state index is 13.7. The van der Waals surface area contributed by atoms with Crippen molar-refractivity contribution in [1.82, 2.24) is 5.32 Å². The van der Waals surface area contributed by atoms with Gasteiger partial charge < -0.3 is 15.8 Å². The van der Waals surface area contributed by atoms with Crippen LogP contribution in [-0.2, 0) is 0 Å². The molecule has 2 aromatic carbocycles. The summed E-state index contributed by atoms with van der Waals surface area (Å²) < 4.78 is 19.1. The molecule has 2 aromatic rings. The quantitative estimate of drug-likeness (QED) is 0.848. The number of rotatable bonds is 3. The van der Waals surface area contributed by atoms with E-state index in [0.29, 0.717) is 5.56 Å². The molecule has 0 aliphatic carbocycles. The van der Waals surface area contributed by atoms with Crippen molar-refractivity contribution in [2.75, 3.05) is 12.8 Å². The molecule has 0 radical (unpaired) electrons. The molecule has 0 aliphatic heterocycles. The predicted octanol–water partition coefficient (Wildman–Crippen LogP) is 2.43. The highest BCUT2D eigenvalue weighted by molar-refractivity contribution is 5.95.